The summed E-state index contributed by atoms with van der Waals surface area (Å²) in [6, 6.07) is 27.4. The Kier molecular flexibility index (Phi) is 8.50. The summed E-state index contributed by atoms with van der Waals surface area (Å²) in [5, 5.41) is 11.4. The van der Waals surface area contributed by atoms with Crippen LogP contribution in [0, 0.1) is 11.8 Å². The summed E-state index contributed by atoms with van der Waals surface area (Å²) < 4.78 is 0. The maximum atomic E-state index is 11.4. The fraction of sp³-hybridized carbons (Fsp3) is 0.321. The van der Waals surface area contributed by atoms with Crippen LogP contribution in [-0.2, 0) is 26.3 Å². The fourth-order valence-electron chi connectivity index (χ4n) is 5.66. The summed E-state index contributed by atoms with van der Waals surface area (Å²) in [4.78, 5) is 4.92. The molecule has 3 aromatic carbocycles. The van der Waals surface area contributed by atoms with Gasteiger partial charge in [0, 0.05) is 22.8 Å². The van der Waals surface area contributed by atoms with Crippen molar-refractivity contribution in [2.24, 2.45) is 16.8 Å². The Balaban J connectivity index is 0.000000821. The Bertz CT molecular complexity index is 1030. The second-order valence-corrected chi connectivity index (χ2v) is 12.9. The van der Waals surface area contributed by atoms with Crippen molar-refractivity contribution in [3.63, 3.8) is 0 Å². The van der Waals surface area contributed by atoms with Crippen molar-refractivity contribution in [1.29, 1.82) is 0 Å². The average Bonchev–Trinajstić information content (AvgIpc) is 3.48. The van der Waals surface area contributed by atoms with Crippen LogP contribution in [0.25, 0.3) is 0 Å². The number of fused-ring (bicyclic) bond motifs is 2. The Labute approximate surface area is 215 Å². The number of hydrogen-bond donors (Lipinski definition) is 1. The van der Waals surface area contributed by atoms with Gasteiger partial charge in [-0.05, 0) is 55.2 Å². The molecule has 1 N–H and O–H groups in total. The molecule has 170 valence electrons. The van der Waals surface area contributed by atoms with Gasteiger partial charge in [-0.15, -0.1) is 0 Å². The van der Waals surface area contributed by atoms with Crippen LogP contribution in [0.3, 0.4) is 0 Å². The first-order valence-electron chi connectivity index (χ1n) is 11.5. The summed E-state index contributed by atoms with van der Waals surface area (Å²) >= 11 is -0.826. The zero-order valence-corrected chi connectivity index (χ0v) is 22.8. The van der Waals surface area contributed by atoms with E-state index in [-0.39, 0.29) is 0 Å². The molecule has 0 spiro atoms. The Hall–Kier alpha value is -1.41. The minimum absolute atomic E-state index is 0.333. The average molecular weight is 558 g/mol. The molecule has 3 unspecified atom stereocenters. The van der Waals surface area contributed by atoms with Crippen molar-refractivity contribution >= 4 is 23.2 Å². The summed E-state index contributed by atoms with van der Waals surface area (Å²) in [5.41, 5.74) is 3.59. The number of aliphatic imine (C=N–C) groups is 1. The molecule has 33 heavy (non-hydrogen) atoms. The van der Waals surface area contributed by atoms with Crippen molar-refractivity contribution in [2.45, 2.75) is 44.1 Å². The van der Waals surface area contributed by atoms with Crippen LogP contribution in [0.15, 0.2) is 83.9 Å². The van der Waals surface area contributed by atoms with Crippen LogP contribution in [-0.4, -0.2) is 17.4 Å². The minimum atomic E-state index is -0.826. The van der Waals surface area contributed by atoms with E-state index in [0.29, 0.717) is 11.8 Å². The van der Waals surface area contributed by atoms with Gasteiger partial charge in [-0.2, -0.15) is 0 Å². The van der Waals surface area contributed by atoms with E-state index in [2.05, 4.69) is 55.5 Å². The van der Waals surface area contributed by atoms with Crippen molar-refractivity contribution in [2.75, 3.05) is 0 Å². The summed E-state index contributed by atoms with van der Waals surface area (Å²) in [5.74, 6) is 1.95. The fourth-order valence-corrected chi connectivity index (χ4v) is 5.66. The predicted molar refractivity (Wildman–Crippen MR) is 135 cm³/mol. The third kappa shape index (κ3) is 5.32. The monoisotopic (exact) mass is 555 g/mol. The maximum absolute atomic E-state index is 11.4. The molecule has 0 aliphatic heterocycles. The molecule has 2 aliphatic carbocycles. The van der Waals surface area contributed by atoms with Crippen molar-refractivity contribution < 1.29 is 26.0 Å². The molecule has 2 fully saturated rings. The number of hydrogen-bond acceptors (Lipinski definition) is 2. The quantitative estimate of drug-likeness (QED) is 0.253. The van der Waals surface area contributed by atoms with E-state index in [1.54, 1.807) is 0 Å². The molecule has 3 aromatic rings. The van der Waals surface area contributed by atoms with Gasteiger partial charge in [0.2, 0.25) is 0 Å². The molecule has 2 bridgehead atoms. The van der Waals surface area contributed by atoms with Crippen molar-refractivity contribution in [3.8, 4) is 5.75 Å². The topological polar surface area (TPSA) is 32.6 Å². The van der Waals surface area contributed by atoms with Crippen LogP contribution < -0.4 is 0 Å². The van der Waals surface area contributed by atoms with Gasteiger partial charge in [0.1, 0.15) is 5.75 Å². The van der Waals surface area contributed by atoms with E-state index in [0.717, 1.165) is 34.1 Å². The Morgan fingerprint density at radius 1 is 0.879 bits per heavy atom. The van der Waals surface area contributed by atoms with E-state index in [4.69, 9.17) is 22.0 Å². The molecule has 2 nitrogen and oxygen atoms in total. The zero-order chi connectivity index (χ0) is 23.3. The third-order valence-corrected chi connectivity index (χ3v) is 7.41. The van der Waals surface area contributed by atoms with Crippen LogP contribution in [0.2, 0.25) is 0 Å². The van der Waals surface area contributed by atoms with Crippen LogP contribution in [0.4, 0.5) is 0 Å². The van der Waals surface area contributed by atoms with Crippen molar-refractivity contribution in [3.05, 3.63) is 101 Å². The predicted octanol–water partition coefficient (Wildman–Crippen LogP) is 7.73. The van der Waals surface area contributed by atoms with E-state index < -0.39 is 26.3 Å². The number of benzene rings is 3. The normalized spacial score (nSPS) is 21.6. The molecule has 0 aromatic heterocycles. The molecule has 0 saturated heterocycles. The van der Waals surface area contributed by atoms with E-state index in [9.17, 15) is 5.11 Å². The van der Waals surface area contributed by atoms with Crippen molar-refractivity contribution in [1.82, 2.24) is 0 Å². The molecule has 5 rings (SSSR count). The molecule has 5 heteroatoms. The molecule has 0 amide bonds. The Morgan fingerprint density at radius 3 is 2.00 bits per heavy atom. The molecular weight excluding hydrogens is 528 g/mol. The summed E-state index contributed by atoms with van der Waals surface area (Å²) in [6.45, 7) is 2.20. The van der Waals surface area contributed by atoms with Crippen LogP contribution in [0.5, 0.6) is 5.75 Å². The SMILES string of the molecule is CC(c1ccccc1)(c1ccccc1)c1cccc(C=NC2CC3CCC2C3)c1O.[Cl][Zr][Cl]. The first kappa shape index (κ1) is 24.7. The van der Waals surface area contributed by atoms with Gasteiger partial charge in [0.15, 0.2) is 0 Å². The number of phenols is 1. The number of phenolic OH excluding ortho intramolecular Hbond substituents is 1. The van der Waals surface area contributed by atoms with Crippen LogP contribution in [0.1, 0.15) is 54.9 Å². The second kappa shape index (κ2) is 11.3. The second-order valence-electron chi connectivity index (χ2n) is 9.19. The number of para-hydroxylation sites is 1. The van der Waals surface area contributed by atoms with Gasteiger partial charge < -0.3 is 5.11 Å². The first-order chi connectivity index (χ1) is 16.1. The zero-order valence-electron chi connectivity index (χ0n) is 18.8. The molecule has 0 heterocycles. The van der Waals surface area contributed by atoms with Gasteiger partial charge in [0.05, 0.1) is 6.04 Å². The summed E-state index contributed by atoms with van der Waals surface area (Å²) in [6.07, 6.45) is 7.17. The van der Waals surface area contributed by atoms with Gasteiger partial charge in [-0.25, -0.2) is 0 Å². The van der Waals surface area contributed by atoms with Gasteiger partial charge in [0.25, 0.3) is 0 Å². The van der Waals surface area contributed by atoms with Gasteiger partial charge in [-0.1, -0.05) is 79.2 Å². The number of halogens is 2. The number of aromatic hydroxyl groups is 1. The van der Waals surface area contributed by atoms with Crippen LogP contribution >= 0.6 is 17.0 Å². The van der Waals surface area contributed by atoms with Gasteiger partial charge >= 0.3 is 37.9 Å². The molecule has 2 saturated carbocycles. The summed E-state index contributed by atoms with van der Waals surface area (Å²) in [7, 11) is 9.87. The molecular formula is C28H29Cl2NOZr. The molecule has 3 atom stereocenters. The molecule has 2 aliphatic rings. The van der Waals surface area contributed by atoms with Gasteiger partial charge in [-0.3, -0.25) is 4.99 Å². The number of rotatable bonds is 5. The van der Waals surface area contributed by atoms with E-state index >= 15 is 0 Å². The molecule has 0 radical (unpaired) electrons. The first-order valence-corrected chi connectivity index (χ1v) is 17.8. The standard InChI is InChI=1S/C28H29NO.2ClH.Zr/c1-28(23-10-4-2-5-11-23,24-12-6-3-7-13-24)25-14-8-9-22(27(25)30)19-29-26-18-20-15-16-21(26)17-20;;;/h2-14,19-21,26,30H,15-18H2,1H3;2*1H;/q;;;+2/p-2. The Morgan fingerprint density at radius 2 is 1.48 bits per heavy atom. The number of nitrogens with zero attached hydrogens (tertiary/aromatic N) is 1. The third-order valence-electron chi connectivity index (χ3n) is 7.41. The van der Waals surface area contributed by atoms with E-state index in [1.807, 2.05) is 36.5 Å². The van der Waals surface area contributed by atoms with E-state index in [1.165, 1.54) is 25.7 Å².